The number of benzene rings is 3. The number of thiocarbonyl (C=S) groups is 1. The SMILES string of the molecule is COc1ccc(CC(=O)O)cc1OCCCN1C(=O)C(=Cc2cccc(-c3ccc(Cl)cc3Cl)c2)SC1=S. The molecule has 38 heavy (non-hydrogen) atoms. The molecule has 0 bridgehead atoms. The second-order valence-electron chi connectivity index (χ2n) is 8.34. The van der Waals surface area contributed by atoms with Crippen LogP contribution in [0.4, 0.5) is 0 Å². The molecule has 0 aliphatic carbocycles. The third-order valence-corrected chi connectivity index (χ3v) is 7.59. The summed E-state index contributed by atoms with van der Waals surface area (Å²) in [6.45, 7) is 0.687. The summed E-state index contributed by atoms with van der Waals surface area (Å²) in [6, 6.07) is 18.1. The second kappa shape index (κ2) is 12.7. The highest BCUT2D eigenvalue weighted by molar-refractivity contribution is 8.26. The fraction of sp³-hybridized carbons (Fsp3) is 0.179. The maximum atomic E-state index is 13.1. The average molecular weight is 589 g/mol. The third kappa shape index (κ3) is 6.88. The molecule has 10 heteroatoms. The number of ether oxygens (including phenoxy) is 2. The van der Waals surface area contributed by atoms with Crippen molar-refractivity contribution in [3.05, 3.63) is 86.7 Å². The Hall–Kier alpha value is -3.04. The molecule has 1 aliphatic heterocycles. The van der Waals surface area contributed by atoms with Crippen LogP contribution in [0.5, 0.6) is 11.5 Å². The van der Waals surface area contributed by atoms with Gasteiger partial charge in [0.05, 0.1) is 25.0 Å². The molecule has 1 heterocycles. The number of carboxylic acids is 1. The van der Waals surface area contributed by atoms with Gasteiger partial charge in [-0.25, -0.2) is 0 Å². The first kappa shape index (κ1) is 28.0. The van der Waals surface area contributed by atoms with Crippen molar-refractivity contribution in [2.45, 2.75) is 12.8 Å². The van der Waals surface area contributed by atoms with Crippen LogP contribution in [-0.4, -0.2) is 46.5 Å². The maximum absolute atomic E-state index is 13.1. The number of amides is 1. The van der Waals surface area contributed by atoms with Gasteiger partial charge in [-0.2, -0.15) is 0 Å². The van der Waals surface area contributed by atoms with Crippen LogP contribution in [-0.2, 0) is 16.0 Å². The van der Waals surface area contributed by atoms with Crippen LogP contribution in [0, 0.1) is 0 Å². The molecule has 1 amide bonds. The van der Waals surface area contributed by atoms with Gasteiger partial charge in [-0.15, -0.1) is 0 Å². The summed E-state index contributed by atoms with van der Waals surface area (Å²) >= 11 is 19.1. The molecule has 0 saturated carbocycles. The Morgan fingerprint density at radius 3 is 2.66 bits per heavy atom. The lowest BCUT2D eigenvalue weighted by atomic mass is 10.0. The van der Waals surface area contributed by atoms with Gasteiger partial charge in [0.25, 0.3) is 5.91 Å². The summed E-state index contributed by atoms with van der Waals surface area (Å²) in [5.74, 6) is -0.119. The highest BCUT2D eigenvalue weighted by Gasteiger charge is 2.31. The van der Waals surface area contributed by atoms with Crippen molar-refractivity contribution in [3.8, 4) is 22.6 Å². The molecule has 196 valence electrons. The Morgan fingerprint density at radius 1 is 1.11 bits per heavy atom. The Labute approximate surface area is 240 Å². The normalized spacial score (nSPS) is 14.3. The van der Waals surface area contributed by atoms with E-state index in [-0.39, 0.29) is 12.3 Å². The lowest BCUT2D eigenvalue weighted by molar-refractivity contribution is -0.136. The van der Waals surface area contributed by atoms with Gasteiger partial charge in [-0.3, -0.25) is 14.5 Å². The van der Waals surface area contributed by atoms with Crippen LogP contribution in [0.15, 0.2) is 65.6 Å². The van der Waals surface area contributed by atoms with E-state index >= 15 is 0 Å². The smallest absolute Gasteiger partial charge is 0.307 e. The molecule has 0 aromatic heterocycles. The molecule has 0 radical (unpaired) electrons. The lowest BCUT2D eigenvalue weighted by Gasteiger charge is -2.16. The highest BCUT2D eigenvalue weighted by atomic mass is 35.5. The summed E-state index contributed by atoms with van der Waals surface area (Å²) in [5.41, 5.74) is 3.23. The molecule has 1 saturated heterocycles. The zero-order valence-corrected chi connectivity index (χ0v) is 23.4. The fourth-order valence-corrected chi connectivity index (χ4v) is 5.71. The van der Waals surface area contributed by atoms with E-state index in [1.165, 1.54) is 18.9 Å². The number of hydrogen-bond acceptors (Lipinski definition) is 6. The van der Waals surface area contributed by atoms with Gasteiger partial charge in [0.15, 0.2) is 11.5 Å². The van der Waals surface area contributed by atoms with Gasteiger partial charge >= 0.3 is 5.97 Å². The van der Waals surface area contributed by atoms with E-state index in [1.54, 1.807) is 35.2 Å². The fourth-order valence-electron chi connectivity index (χ4n) is 3.89. The van der Waals surface area contributed by atoms with Crippen molar-refractivity contribution in [2.75, 3.05) is 20.3 Å². The van der Waals surface area contributed by atoms with Gasteiger partial charge in [-0.05, 0) is 59.5 Å². The van der Waals surface area contributed by atoms with Crippen molar-refractivity contribution in [1.29, 1.82) is 0 Å². The number of carbonyl (C=O) groups excluding carboxylic acids is 1. The third-order valence-electron chi connectivity index (χ3n) is 5.67. The topological polar surface area (TPSA) is 76.1 Å². The molecule has 0 spiro atoms. The van der Waals surface area contributed by atoms with Crippen LogP contribution in [0.3, 0.4) is 0 Å². The Balaban J connectivity index is 1.39. The van der Waals surface area contributed by atoms with E-state index in [9.17, 15) is 9.59 Å². The van der Waals surface area contributed by atoms with Crippen LogP contribution < -0.4 is 9.47 Å². The number of aliphatic carboxylic acids is 1. The van der Waals surface area contributed by atoms with Crippen molar-refractivity contribution < 1.29 is 24.2 Å². The number of carboxylic acid groups (broad SMARTS) is 1. The minimum atomic E-state index is -0.927. The molecule has 1 fully saturated rings. The Morgan fingerprint density at radius 2 is 1.92 bits per heavy atom. The van der Waals surface area contributed by atoms with E-state index < -0.39 is 5.97 Å². The monoisotopic (exact) mass is 587 g/mol. The molecule has 4 rings (SSSR count). The van der Waals surface area contributed by atoms with Crippen molar-refractivity contribution in [2.24, 2.45) is 0 Å². The zero-order valence-electron chi connectivity index (χ0n) is 20.3. The van der Waals surface area contributed by atoms with Crippen LogP contribution in [0.25, 0.3) is 17.2 Å². The van der Waals surface area contributed by atoms with Crippen molar-refractivity contribution in [3.63, 3.8) is 0 Å². The molecular formula is C28H23Cl2NO5S2. The first-order chi connectivity index (χ1) is 18.2. The van der Waals surface area contributed by atoms with E-state index in [0.29, 0.717) is 55.9 Å². The number of nitrogens with zero attached hydrogens (tertiary/aromatic N) is 1. The van der Waals surface area contributed by atoms with Gasteiger partial charge in [0, 0.05) is 22.2 Å². The van der Waals surface area contributed by atoms with E-state index in [1.807, 2.05) is 36.4 Å². The summed E-state index contributed by atoms with van der Waals surface area (Å²) < 4.78 is 11.6. The summed E-state index contributed by atoms with van der Waals surface area (Å²) in [6.07, 6.45) is 2.23. The highest BCUT2D eigenvalue weighted by Crippen LogP contribution is 2.35. The summed E-state index contributed by atoms with van der Waals surface area (Å²) in [5, 5.41) is 10.1. The summed E-state index contributed by atoms with van der Waals surface area (Å²) in [7, 11) is 1.52. The van der Waals surface area contributed by atoms with E-state index in [2.05, 4.69) is 0 Å². The van der Waals surface area contributed by atoms with Gasteiger partial charge in [-0.1, -0.05) is 77.5 Å². The number of methoxy groups -OCH3 is 1. The van der Waals surface area contributed by atoms with Gasteiger partial charge < -0.3 is 14.6 Å². The van der Waals surface area contributed by atoms with Crippen molar-refractivity contribution in [1.82, 2.24) is 4.90 Å². The molecule has 1 N–H and O–H groups in total. The summed E-state index contributed by atoms with van der Waals surface area (Å²) in [4.78, 5) is 26.2. The second-order valence-corrected chi connectivity index (χ2v) is 10.9. The molecule has 3 aromatic rings. The average Bonchev–Trinajstić information content (AvgIpc) is 3.13. The van der Waals surface area contributed by atoms with Crippen LogP contribution >= 0.6 is 47.2 Å². The van der Waals surface area contributed by atoms with Crippen LogP contribution in [0.1, 0.15) is 17.5 Å². The minimum Gasteiger partial charge on any atom is -0.493 e. The molecule has 0 unspecified atom stereocenters. The Kier molecular flexibility index (Phi) is 9.33. The van der Waals surface area contributed by atoms with E-state index in [4.69, 9.17) is 50.0 Å². The lowest BCUT2D eigenvalue weighted by Crippen LogP contribution is -2.29. The zero-order chi connectivity index (χ0) is 27.2. The van der Waals surface area contributed by atoms with Gasteiger partial charge in [0.1, 0.15) is 4.32 Å². The maximum Gasteiger partial charge on any atom is 0.307 e. The first-order valence-electron chi connectivity index (χ1n) is 11.6. The largest absolute Gasteiger partial charge is 0.493 e. The molecule has 3 aromatic carbocycles. The predicted octanol–water partition coefficient (Wildman–Crippen LogP) is 6.97. The minimum absolute atomic E-state index is 0.112. The van der Waals surface area contributed by atoms with Crippen molar-refractivity contribution >= 4 is 69.5 Å². The number of hydrogen-bond donors (Lipinski definition) is 1. The number of rotatable bonds is 10. The quantitative estimate of drug-likeness (QED) is 0.156. The molecule has 6 nitrogen and oxygen atoms in total. The standard InChI is InChI=1S/C28H23Cl2NO5S2/c1-35-23-9-6-18(15-26(32)33)13-24(23)36-11-3-10-31-27(34)25(38-28(31)37)14-17-4-2-5-19(12-17)21-8-7-20(29)16-22(21)30/h2,4-9,12-14,16H,3,10-11,15H2,1H3,(H,32,33). The molecular weight excluding hydrogens is 565 g/mol. The molecule has 0 atom stereocenters. The number of halogens is 2. The number of carbonyl (C=O) groups is 2. The Bertz CT molecular complexity index is 1430. The van der Waals surface area contributed by atoms with Crippen LogP contribution in [0.2, 0.25) is 10.0 Å². The predicted molar refractivity (Wildman–Crippen MR) is 156 cm³/mol. The van der Waals surface area contributed by atoms with Gasteiger partial charge in [0.2, 0.25) is 0 Å². The molecule has 1 aliphatic rings. The van der Waals surface area contributed by atoms with E-state index in [0.717, 1.165) is 16.7 Å². The first-order valence-corrected chi connectivity index (χ1v) is 13.6. The number of thioether (sulfide) groups is 1.